The van der Waals surface area contributed by atoms with Gasteiger partial charge >= 0.3 is 0 Å². The lowest BCUT2D eigenvalue weighted by Gasteiger charge is -2.31. The van der Waals surface area contributed by atoms with Crippen molar-refractivity contribution in [1.29, 1.82) is 0 Å². The standard InChI is InChI=1S/C9H11BrClNOS/c10-8-3-7(14-9(8)11)4-12-5-1-6(13)2-5/h3,5-6,12-13H,1-2,4H2. The summed E-state index contributed by atoms with van der Waals surface area (Å²) in [5.74, 6) is 0. The molecule has 78 valence electrons. The third kappa shape index (κ3) is 2.49. The second-order valence-electron chi connectivity index (χ2n) is 3.54. The van der Waals surface area contributed by atoms with Gasteiger partial charge in [0.05, 0.1) is 6.10 Å². The number of aliphatic hydroxyl groups is 1. The maximum absolute atomic E-state index is 9.10. The summed E-state index contributed by atoms with van der Waals surface area (Å²) in [6.07, 6.45) is 1.66. The van der Waals surface area contributed by atoms with Crippen molar-refractivity contribution in [2.24, 2.45) is 0 Å². The number of halogens is 2. The van der Waals surface area contributed by atoms with E-state index in [1.807, 2.05) is 6.07 Å². The van der Waals surface area contributed by atoms with Crippen LogP contribution >= 0.6 is 38.9 Å². The van der Waals surface area contributed by atoms with Gasteiger partial charge < -0.3 is 10.4 Å². The average molecular weight is 297 g/mol. The van der Waals surface area contributed by atoms with Gasteiger partial charge in [-0.25, -0.2) is 0 Å². The van der Waals surface area contributed by atoms with Crippen molar-refractivity contribution in [3.8, 4) is 0 Å². The van der Waals surface area contributed by atoms with Gasteiger partial charge in [-0.2, -0.15) is 0 Å². The van der Waals surface area contributed by atoms with E-state index in [-0.39, 0.29) is 6.10 Å². The molecule has 1 saturated carbocycles. The first-order chi connectivity index (χ1) is 6.65. The Kier molecular flexibility index (Phi) is 3.50. The molecule has 0 unspecified atom stereocenters. The Morgan fingerprint density at radius 2 is 2.36 bits per heavy atom. The Labute approximate surface area is 100 Å². The van der Waals surface area contributed by atoms with E-state index in [4.69, 9.17) is 16.7 Å². The summed E-state index contributed by atoms with van der Waals surface area (Å²) in [7, 11) is 0. The molecule has 0 atom stereocenters. The molecule has 5 heteroatoms. The molecule has 1 aliphatic rings. The smallest absolute Gasteiger partial charge is 0.107 e. The maximum Gasteiger partial charge on any atom is 0.107 e. The molecule has 0 aliphatic heterocycles. The largest absolute Gasteiger partial charge is 0.393 e. The van der Waals surface area contributed by atoms with Crippen molar-refractivity contribution in [2.45, 2.75) is 31.5 Å². The molecule has 0 radical (unpaired) electrons. The zero-order chi connectivity index (χ0) is 10.1. The molecule has 14 heavy (non-hydrogen) atoms. The van der Waals surface area contributed by atoms with Gasteiger partial charge in [-0.1, -0.05) is 11.6 Å². The first kappa shape index (κ1) is 10.9. The number of aliphatic hydroxyl groups excluding tert-OH is 1. The van der Waals surface area contributed by atoms with Crippen LogP contribution < -0.4 is 5.32 Å². The number of hydrogen-bond donors (Lipinski definition) is 2. The molecule has 0 bridgehead atoms. The number of thiophene rings is 1. The van der Waals surface area contributed by atoms with Gasteiger partial charge in [0.2, 0.25) is 0 Å². The first-order valence-corrected chi connectivity index (χ1v) is 6.49. The van der Waals surface area contributed by atoms with Crippen LogP contribution in [-0.4, -0.2) is 17.3 Å². The van der Waals surface area contributed by atoms with Crippen molar-refractivity contribution in [1.82, 2.24) is 5.32 Å². The highest BCUT2D eigenvalue weighted by molar-refractivity contribution is 9.10. The van der Waals surface area contributed by atoms with E-state index in [0.717, 1.165) is 28.2 Å². The highest BCUT2D eigenvalue weighted by atomic mass is 79.9. The molecule has 1 fully saturated rings. The Balaban J connectivity index is 1.80. The lowest BCUT2D eigenvalue weighted by atomic mass is 9.89. The van der Waals surface area contributed by atoms with Crippen molar-refractivity contribution in [3.05, 3.63) is 19.8 Å². The summed E-state index contributed by atoms with van der Waals surface area (Å²) in [4.78, 5) is 1.23. The molecule has 2 N–H and O–H groups in total. The van der Waals surface area contributed by atoms with Gasteiger partial charge in [-0.05, 0) is 34.8 Å². The lowest BCUT2D eigenvalue weighted by molar-refractivity contribution is 0.0620. The van der Waals surface area contributed by atoms with Crippen LogP contribution in [0.2, 0.25) is 4.34 Å². The number of hydrogen-bond acceptors (Lipinski definition) is 3. The third-order valence-electron chi connectivity index (χ3n) is 2.37. The molecule has 0 spiro atoms. The number of nitrogens with one attached hydrogen (secondary N) is 1. The third-order valence-corrected chi connectivity index (χ3v) is 4.85. The predicted molar refractivity (Wildman–Crippen MR) is 62.9 cm³/mol. The SMILES string of the molecule is OC1CC(NCc2cc(Br)c(Cl)s2)C1. The van der Waals surface area contributed by atoms with Crippen LogP contribution in [0.1, 0.15) is 17.7 Å². The van der Waals surface area contributed by atoms with Crippen LogP contribution in [0.25, 0.3) is 0 Å². The van der Waals surface area contributed by atoms with E-state index >= 15 is 0 Å². The normalized spacial score (nSPS) is 26.2. The molecule has 1 aliphatic carbocycles. The summed E-state index contributed by atoms with van der Waals surface area (Å²) >= 11 is 10.9. The zero-order valence-corrected chi connectivity index (χ0v) is 10.6. The van der Waals surface area contributed by atoms with Crippen LogP contribution in [0.5, 0.6) is 0 Å². The second kappa shape index (κ2) is 4.49. The van der Waals surface area contributed by atoms with Crippen molar-refractivity contribution >= 4 is 38.9 Å². The topological polar surface area (TPSA) is 32.3 Å². The molecule has 2 nitrogen and oxygen atoms in total. The summed E-state index contributed by atoms with van der Waals surface area (Å²) < 4.78 is 1.77. The molecule has 1 aromatic rings. The molecule has 0 aromatic carbocycles. The highest BCUT2D eigenvalue weighted by Crippen LogP contribution is 2.32. The van der Waals surface area contributed by atoms with E-state index in [1.165, 1.54) is 4.88 Å². The van der Waals surface area contributed by atoms with E-state index in [0.29, 0.717) is 6.04 Å². The molecule has 2 rings (SSSR count). The first-order valence-electron chi connectivity index (χ1n) is 4.50. The van der Waals surface area contributed by atoms with Gasteiger partial charge in [-0.3, -0.25) is 0 Å². The Bertz CT molecular complexity index is 305. The fraction of sp³-hybridized carbons (Fsp3) is 0.556. The minimum Gasteiger partial charge on any atom is -0.393 e. The second-order valence-corrected chi connectivity index (χ2v) is 6.13. The van der Waals surface area contributed by atoms with Crippen LogP contribution in [0.15, 0.2) is 10.5 Å². The van der Waals surface area contributed by atoms with Gasteiger partial charge in [0, 0.05) is 21.9 Å². The molecular weight excluding hydrogens is 286 g/mol. The predicted octanol–water partition coefficient (Wildman–Crippen LogP) is 2.78. The van der Waals surface area contributed by atoms with Crippen LogP contribution in [0.3, 0.4) is 0 Å². The van der Waals surface area contributed by atoms with Crippen molar-refractivity contribution < 1.29 is 5.11 Å². The van der Waals surface area contributed by atoms with Crippen LogP contribution in [-0.2, 0) is 6.54 Å². The zero-order valence-electron chi connectivity index (χ0n) is 7.46. The average Bonchev–Trinajstić information content (AvgIpc) is 2.39. The number of rotatable bonds is 3. The minimum atomic E-state index is -0.0915. The molecule has 1 heterocycles. The molecule has 0 amide bonds. The highest BCUT2D eigenvalue weighted by Gasteiger charge is 2.26. The Morgan fingerprint density at radius 3 is 2.86 bits per heavy atom. The molecule has 1 aromatic heterocycles. The fourth-order valence-electron chi connectivity index (χ4n) is 1.48. The van der Waals surface area contributed by atoms with Gasteiger partial charge in [-0.15, -0.1) is 11.3 Å². The summed E-state index contributed by atoms with van der Waals surface area (Å²) in [5, 5.41) is 12.5. The van der Waals surface area contributed by atoms with Gasteiger partial charge in [0.15, 0.2) is 0 Å². The fourth-order valence-corrected chi connectivity index (χ4v) is 3.22. The van der Waals surface area contributed by atoms with E-state index in [2.05, 4.69) is 21.2 Å². The summed E-state index contributed by atoms with van der Waals surface area (Å²) in [6.45, 7) is 0.841. The summed E-state index contributed by atoms with van der Waals surface area (Å²) in [6, 6.07) is 2.51. The van der Waals surface area contributed by atoms with Gasteiger partial charge in [0.1, 0.15) is 4.34 Å². The van der Waals surface area contributed by atoms with Crippen LogP contribution in [0, 0.1) is 0 Å². The quantitative estimate of drug-likeness (QED) is 0.899. The Morgan fingerprint density at radius 1 is 1.64 bits per heavy atom. The van der Waals surface area contributed by atoms with E-state index < -0.39 is 0 Å². The van der Waals surface area contributed by atoms with Crippen molar-refractivity contribution in [3.63, 3.8) is 0 Å². The van der Waals surface area contributed by atoms with Crippen LogP contribution in [0.4, 0.5) is 0 Å². The summed E-state index contributed by atoms with van der Waals surface area (Å²) in [5.41, 5.74) is 0. The molecule has 0 saturated heterocycles. The Hall–Kier alpha value is 0.390. The minimum absolute atomic E-state index is 0.0915. The monoisotopic (exact) mass is 295 g/mol. The van der Waals surface area contributed by atoms with Gasteiger partial charge in [0.25, 0.3) is 0 Å². The maximum atomic E-state index is 9.10. The van der Waals surface area contributed by atoms with Crippen molar-refractivity contribution in [2.75, 3.05) is 0 Å². The van der Waals surface area contributed by atoms with E-state index in [9.17, 15) is 0 Å². The lowest BCUT2D eigenvalue weighted by Crippen LogP contribution is -2.43. The van der Waals surface area contributed by atoms with E-state index in [1.54, 1.807) is 11.3 Å². The molecular formula is C9H11BrClNOS.